The van der Waals surface area contributed by atoms with Crippen LogP contribution in [0.15, 0.2) is 42.5 Å². The van der Waals surface area contributed by atoms with Gasteiger partial charge in [-0.05, 0) is 40.2 Å². The maximum Gasteiger partial charge on any atom is 0.0178 e. The Morgan fingerprint density at radius 3 is 2.05 bits per heavy atom. The highest BCUT2D eigenvalue weighted by atomic mass is 14.5. The quantitative estimate of drug-likeness (QED) is 0.842. The third-order valence-corrected chi connectivity index (χ3v) is 3.59. The molecule has 2 aromatic carbocycles. The molecule has 0 saturated heterocycles. The molecule has 2 N–H and O–H groups in total. The maximum absolute atomic E-state index is 5.68. The second-order valence-electron chi connectivity index (χ2n) is 6.18. The average Bonchev–Trinajstić information content (AvgIpc) is 2.37. The molecule has 0 fully saturated rings. The third kappa shape index (κ3) is 3.05. The summed E-state index contributed by atoms with van der Waals surface area (Å²) < 4.78 is 0. The van der Waals surface area contributed by atoms with Gasteiger partial charge in [-0.3, -0.25) is 0 Å². The number of hydrogen-bond acceptors (Lipinski definition) is 1. The molecule has 1 heteroatoms. The molecule has 0 aliphatic heterocycles. The second-order valence-corrected chi connectivity index (χ2v) is 6.18. The van der Waals surface area contributed by atoms with Crippen LogP contribution in [0.4, 0.5) is 0 Å². The van der Waals surface area contributed by atoms with Crippen LogP contribution in [0.5, 0.6) is 0 Å². The van der Waals surface area contributed by atoms with Crippen LogP contribution in [0, 0.1) is 6.92 Å². The van der Waals surface area contributed by atoms with E-state index < -0.39 is 0 Å². The van der Waals surface area contributed by atoms with E-state index in [1.54, 1.807) is 0 Å². The Morgan fingerprint density at radius 1 is 0.947 bits per heavy atom. The lowest BCUT2D eigenvalue weighted by Crippen LogP contribution is -2.10. The highest BCUT2D eigenvalue weighted by Gasteiger charge is 2.13. The van der Waals surface area contributed by atoms with Crippen LogP contribution in [0.25, 0.3) is 11.1 Å². The van der Waals surface area contributed by atoms with Crippen molar-refractivity contribution in [1.82, 2.24) is 0 Å². The molecule has 0 aliphatic rings. The Balaban J connectivity index is 2.37. The molecular formula is C18H23N. The van der Waals surface area contributed by atoms with Gasteiger partial charge in [0, 0.05) is 6.54 Å². The fourth-order valence-electron chi connectivity index (χ4n) is 2.33. The van der Waals surface area contributed by atoms with E-state index in [9.17, 15) is 0 Å². The Labute approximate surface area is 116 Å². The molecule has 0 aliphatic carbocycles. The van der Waals surface area contributed by atoms with Gasteiger partial charge in [-0.2, -0.15) is 0 Å². The number of benzene rings is 2. The van der Waals surface area contributed by atoms with Crippen LogP contribution in [0.1, 0.15) is 37.5 Å². The van der Waals surface area contributed by atoms with Gasteiger partial charge >= 0.3 is 0 Å². The first-order chi connectivity index (χ1) is 8.91. The predicted octanol–water partition coefficient (Wildman–Crippen LogP) is 4.42. The molecule has 0 aromatic heterocycles. The second kappa shape index (κ2) is 5.18. The van der Waals surface area contributed by atoms with Gasteiger partial charge in [0.2, 0.25) is 0 Å². The molecule has 0 amide bonds. The van der Waals surface area contributed by atoms with E-state index in [1.807, 2.05) is 0 Å². The lowest BCUT2D eigenvalue weighted by Gasteiger charge is -2.19. The van der Waals surface area contributed by atoms with Crippen LogP contribution in [-0.2, 0) is 12.0 Å². The Morgan fingerprint density at radius 2 is 1.58 bits per heavy atom. The van der Waals surface area contributed by atoms with Gasteiger partial charge in [0.05, 0.1) is 0 Å². The molecule has 0 spiro atoms. The van der Waals surface area contributed by atoms with Gasteiger partial charge in [-0.1, -0.05) is 63.2 Å². The average molecular weight is 253 g/mol. The van der Waals surface area contributed by atoms with Gasteiger partial charge < -0.3 is 5.73 Å². The number of rotatable bonds is 2. The van der Waals surface area contributed by atoms with Gasteiger partial charge in [0.1, 0.15) is 0 Å². The van der Waals surface area contributed by atoms with Crippen LogP contribution < -0.4 is 5.73 Å². The monoisotopic (exact) mass is 253 g/mol. The summed E-state index contributed by atoms with van der Waals surface area (Å²) in [6, 6.07) is 15.3. The van der Waals surface area contributed by atoms with Crippen LogP contribution in [0.3, 0.4) is 0 Å². The van der Waals surface area contributed by atoms with E-state index in [-0.39, 0.29) is 5.41 Å². The fourth-order valence-corrected chi connectivity index (χ4v) is 2.33. The summed E-state index contributed by atoms with van der Waals surface area (Å²) in [5.74, 6) is 0. The Hall–Kier alpha value is -1.60. The molecule has 2 aromatic rings. The van der Waals surface area contributed by atoms with E-state index in [1.165, 1.54) is 27.8 Å². The molecule has 0 bridgehead atoms. The standard InChI is InChI=1S/C18H23N/c1-13-11-14(12-19)5-10-17(13)15-6-8-16(9-7-15)18(2,3)4/h5-11H,12,19H2,1-4H3. The van der Waals surface area contributed by atoms with E-state index in [0.29, 0.717) is 6.54 Å². The lowest BCUT2D eigenvalue weighted by atomic mass is 9.86. The van der Waals surface area contributed by atoms with Crippen LogP contribution in [0.2, 0.25) is 0 Å². The Kier molecular flexibility index (Phi) is 3.77. The topological polar surface area (TPSA) is 26.0 Å². The van der Waals surface area contributed by atoms with E-state index in [2.05, 4.69) is 70.2 Å². The molecule has 100 valence electrons. The minimum Gasteiger partial charge on any atom is -0.326 e. The SMILES string of the molecule is Cc1cc(CN)ccc1-c1ccc(C(C)(C)C)cc1. The highest BCUT2D eigenvalue weighted by Crippen LogP contribution is 2.28. The van der Waals surface area contributed by atoms with Crippen LogP contribution in [-0.4, -0.2) is 0 Å². The van der Waals surface area contributed by atoms with Crippen molar-refractivity contribution in [2.24, 2.45) is 5.73 Å². The number of hydrogen-bond donors (Lipinski definition) is 1. The first-order valence-electron chi connectivity index (χ1n) is 6.82. The zero-order valence-electron chi connectivity index (χ0n) is 12.3. The Bertz CT molecular complexity index is 559. The van der Waals surface area contributed by atoms with Gasteiger partial charge in [0.15, 0.2) is 0 Å². The van der Waals surface area contributed by atoms with Crippen LogP contribution >= 0.6 is 0 Å². The molecule has 19 heavy (non-hydrogen) atoms. The van der Waals surface area contributed by atoms with E-state index in [4.69, 9.17) is 5.73 Å². The van der Waals surface area contributed by atoms with E-state index >= 15 is 0 Å². The van der Waals surface area contributed by atoms with Crippen molar-refractivity contribution >= 4 is 0 Å². The number of nitrogens with two attached hydrogens (primary N) is 1. The summed E-state index contributed by atoms with van der Waals surface area (Å²) in [7, 11) is 0. The minimum atomic E-state index is 0.205. The molecular weight excluding hydrogens is 230 g/mol. The minimum absolute atomic E-state index is 0.205. The largest absolute Gasteiger partial charge is 0.326 e. The first-order valence-corrected chi connectivity index (χ1v) is 6.82. The van der Waals surface area contributed by atoms with Crippen molar-refractivity contribution in [3.05, 3.63) is 59.2 Å². The summed E-state index contributed by atoms with van der Waals surface area (Å²) in [5.41, 5.74) is 12.3. The smallest absolute Gasteiger partial charge is 0.0178 e. The third-order valence-electron chi connectivity index (χ3n) is 3.59. The number of aryl methyl sites for hydroxylation is 1. The van der Waals surface area contributed by atoms with Crippen molar-refractivity contribution in [3.8, 4) is 11.1 Å². The summed E-state index contributed by atoms with van der Waals surface area (Å²) in [5, 5.41) is 0. The summed E-state index contributed by atoms with van der Waals surface area (Å²) >= 11 is 0. The molecule has 0 unspecified atom stereocenters. The highest BCUT2D eigenvalue weighted by molar-refractivity contribution is 5.68. The molecule has 1 nitrogen and oxygen atoms in total. The lowest BCUT2D eigenvalue weighted by molar-refractivity contribution is 0.590. The fraction of sp³-hybridized carbons (Fsp3) is 0.333. The zero-order valence-corrected chi connectivity index (χ0v) is 12.3. The van der Waals surface area contributed by atoms with Gasteiger partial charge in [-0.25, -0.2) is 0 Å². The molecule has 2 rings (SSSR count). The maximum atomic E-state index is 5.68. The molecule has 0 saturated carbocycles. The van der Waals surface area contributed by atoms with E-state index in [0.717, 1.165) is 0 Å². The van der Waals surface area contributed by atoms with Crippen molar-refractivity contribution in [2.45, 2.75) is 39.7 Å². The predicted molar refractivity (Wildman–Crippen MR) is 83.2 cm³/mol. The normalized spacial score (nSPS) is 11.6. The molecule has 0 atom stereocenters. The van der Waals surface area contributed by atoms with Gasteiger partial charge in [-0.15, -0.1) is 0 Å². The molecule has 0 radical (unpaired) electrons. The summed E-state index contributed by atoms with van der Waals surface area (Å²) in [6.45, 7) is 9.46. The van der Waals surface area contributed by atoms with Crippen molar-refractivity contribution < 1.29 is 0 Å². The summed E-state index contributed by atoms with van der Waals surface area (Å²) in [4.78, 5) is 0. The van der Waals surface area contributed by atoms with Crippen molar-refractivity contribution in [2.75, 3.05) is 0 Å². The first kappa shape index (κ1) is 13.8. The summed E-state index contributed by atoms with van der Waals surface area (Å²) in [6.07, 6.45) is 0. The zero-order chi connectivity index (χ0) is 14.0. The molecule has 0 heterocycles. The van der Waals surface area contributed by atoms with Gasteiger partial charge in [0.25, 0.3) is 0 Å². The van der Waals surface area contributed by atoms with Crippen molar-refractivity contribution in [3.63, 3.8) is 0 Å². The van der Waals surface area contributed by atoms with Crippen molar-refractivity contribution in [1.29, 1.82) is 0 Å².